The molecular weight excluding hydrogens is 1200 g/mol. The van der Waals surface area contributed by atoms with Gasteiger partial charge >= 0.3 is 0 Å². The minimum absolute atomic E-state index is 0.907. The van der Waals surface area contributed by atoms with Crippen molar-refractivity contribution in [3.63, 3.8) is 0 Å². The summed E-state index contributed by atoms with van der Waals surface area (Å²) >= 11 is 0. The van der Waals surface area contributed by atoms with Gasteiger partial charge in [0, 0.05) is 113 Å². The molecule has 0 N–H and O–H groups in total. The van der Waals surface area contributed by atoms with E-state index in [1.54, 1.807) is 24.8 Å². The summed E-state index contributed by atoms with van der Waals surface area (Å²) in [5, 5.41) is 8.71. The van der Waals surface area contributed by atoms with Gasteiger partial charge in [-0.3, -0.25) is 15.0 Å². The van der Waals surface area contributed by atoms with Crippen LogP contribution in [0.2, 0.25) is 0 Å². The van der Waals surface area contributed by atoms with Crippen LogP contribution in [0.15, 0.2) is 328 Å². The van der Waals surface area contributed by atoms with Gasteiger partial charge in [-0.15, -0.1) is 0 Å². The maximum atomic E-state index is 5.15. The van der Waals surface area contributed by atoms with Crippen molar-refractivity contribution in [3.05, 3.63) is 328 Å². The molecule has 0 amide bonds. The predicted molar refractivity (Wildman–Crippen MR) is 400 cm³/mol. The van der Waals surface area contributed by atoms with Crippen molar-refractivity contribution in [3.8, 4) is 101 Å². The maximum Gasteiger partial charge on any atom is 0.0972 e. The van der Waals surface area contributed by atoms with Crippen LogP contribution >= 0.6 is 0 Å². The molecule has 0 saturated carbocycles. The molecular formula is C88H54N10. The Kier molecular flexibility index (Phi) is 14.3. The molecule has 10 aromatic heterocycles. The molecule has 10 nitrogen and oxygen atoms in total. The zero-order valence-corrected chi connectivity index (χ0v) is 52.6. The highest BCUT2D eigenvalue weighted by Gasteiger charge is 2.14. The molecule has 0 radical (unpaired) electrons. The molecule has 0 bridgehead atoms. The van der Waals surface area contributed by atoms with Gasteiger partial charge in [0.05, 0.1) is 84.0 Å². The molecule has 0 aliphatic carbocycles. The largest absolute Gasteiger partial charge is 0.265 e. The molecule has 19 aromatic rings. The molecule has 0 unspecified atom stereocenters. The summed E-state index contributed by atoms with van der Waals surface area (Å²) in [5.74, 6) is 0. The van der Waals surface area contributed by atoms with Crippen LogP contribution in [-0.4, -0.2) is 49.8 Å². The molecule has 9 aromatic carbocycles. The van der Waals surface area contributed by atoms with Crippen molar-refractivity contribution < 1.29 is 0 Å². The van der Waals surface area contributed by atoms with Crippen LogP contribution in [0, 0.1) is 0 Å². The Morgan fingerprint density at radius 1 is 0.153 bits per heavy atom. The molecule has 10 heterocycles. The van der Waals surface area contributed by atoms with Gasteiger partial charge in [-0.25, -0.2) is 34.9 Å². The standard InChI is InChI=1S/C47H29N5.C41H25N5/c1-2-4-31(5-3-1)41-22-18-36-12-13-37-19-23-42(52-47(37)46(36)51-41)32-8-6-30(7-9-32)38-14-10-33-17-21-43(50-44(33)28-38)39-15-11-34-16-20-40(49-45(34)29-39)35-24-26-48-27-25-35;1-2-31-9-10-32-15-18-36(46-41(32)40(31)43-21-1)27-5-3-26(4-6-27)33-11-7-28-14-17-37(45-38(28)24-33)34-12-8-29-13-16-35(44-39(29)25-34)30-19-22-42-23-20-30/h1-29H;1-25H. The van der Waals surface area contributed by atoms with Crippen LogP contribution in [-0.2, 0) is 0 Å². The molecule has 456 valence electrons. The van der Waals surface area contributed by atoms with E-state index in [4.69, 9.17) is 34.9 Å². The maximum absolute atomic E-state index is 5.15. The average Bonchev–Trinajstić information content (AvgIpc) is 0.791. The number of fused-ring (bicyclic) bond motifs is 10. The number of nitrogens with zero attached hydrogens (tertiary/aromatic N) is 10. The third kappa shape index (κ3) is 11.1. The molecule has 0 aliphatic heterocycles. The topological polar surface area (TPSA) is 129 Å². The number of hydrogen-bond acceptors (Lipinski definition) is 10. The van der Waals surface area contributed by atoms with Crippen molar-refractivity contribution in [1.82, 2.24) is 49.8 Å². The second-order valence-corrected chi connectivity index (χ2v) is 24.4. The summed E-state index contributed by atoms with van der Waals surface area (Å²) in [4.78, 5) is 48.2. The van der Waals surface area contributed by atoms with Crippen LogP contribution < -0.4 is 0 Å². The lowest BCUT2D eigenvalue weighted by atomic mass is 10.00. The summed E-state index contributed by atoms with van der Waals surface area (Å²) in [5.41, 5.74) is 25.8. The van der Waals surface area contributed by atoms with Crippen LogP contribution in [0.5, 0.6) is 0 Å². The Balaban J connectivity index is 0.000000143. The minimum Gasteiger partial charge on any atom is -0.265 e. The molecule has 0 saturated heterocycles. The Bertz CT molecular complexity index is 6290. The van der Waals surface area contributed by atoms with E-state index in [1.165, 1.54) is 0 Å². The Labute approximate surface area is 563 Å². The van der Waals surface area contributed by atoms with Gasteiger partial charge in [0.15, 0.2) is 0 Å². The number of benzene rings is 9. The van der Waals surface area contributed by atoms with E-state index < -0.39 is 0 Å². The molecule has 0 atom stereocenters. The number of rotatable bonds is 9. The first-order valence-corrected chi connectivity index (χ1v) is 32.5. The van der Waals surface area contributed by atoms with Crippen molar-refractivity contribution in [1.29, 1.82) is 0 Å². The van der Waals surface area contributed by atoms with E-state index in [9.17, 15) is 0 Å². The number of aromatic nitrogens is 10. The summed E-state index contributed by atoms with van der Waals surface area (Å²) in [6.45, 7) is 0. The SMILES string of the molecule is c1ccc(-c2ccc3ccc4ccc(-c5ccc(-c6ccc7ccc(-c8ccc9ccc(-c%10ccncc%10)nc9c8)nc7c6)cc5)nc4c3n2)cc1.c1cnc2c(c1)ccc1ccc(-c3ccc(-c4ccc5ccc(-c6ccc7ccc(-c8ccncc8)nc7c6)nc5c4)cc3)nc12. The molecule has 98 heavy (non-hydrogen) atoms. The highest BCUT2D eigenvalue weighted by Crippen LogP contribution is 2.36. The van der Waals surface area contributed by atoms with Crippen LogP contribution in [0.3, 0.4) is 0 Å². The fourth-order valence-corrected chi connectivity index (χ4v) is 13.1. The third-order valence-corrected chi connectivity index (χ3v) is 18.4. The molecule has 10 heteroatoms. The second-order valence-electron chi connectivity index (χ2n) is 24.4. The van der Waals surface area contributed by atoms with Crippen molar-refractivity contribution in [2.75, 3.05) is 0 Å². The monoisotopic (exact) mass is 1250 g/mol. The highest BCUT2D eigenvalue weighted by molar-refractivity contribution is 6.05. The Morgan fingerprint density at radius 3 is 0.816 bits per heavy atom. The first kappa shape index (κ1) is 57.2. The normalized spacial score (nSPS) is 11.5. The zero-order chi connectivity index (χ0) is 64.9. The smallest absolute Gasteiger partial charge is 0.0972 e. The van der Waals surface area contributed by atoms with Gasteiger partial charge in [-0.05, 0) is 119 Å². The van der Waals surface area contributed by atoms with Crippen LogP contribution in [0.4, 0.5) is 0 Å². The van der Waals surface area contributed by atoms with Gasteiger partial charge in [-0.1, -0.05) is 200 Å². The zero-order valence-electron chi connectivity index (χ0n) is 52.6. The molecule has 0 spiro atoms. The lowest BCUT2D eigenvalue weighted by Gasteiger charge is -2.10. The predicted octanol–water partition coefficient (Wildman–Crippen LogP) is 21.6. The lowest BCUT2D eigenvalue weighted by Crippen LogP contribution is -1.91. The second kappa shape index (κ2) is 24.5. The first-order chi connectivity index (χ1) is 48.5. The van der Waals surface area contributed by atoms with Gasteiger partial charge in [0.1, 0.15) is 0 Å². The van der Waals surface area contributed by atoms with Crippen molar-refractivity contribution in [2.24, 2.45) is 0 Å². The number of pyridine rings is 10. The third-order valence-electron chi connectivity index (χ3n) is 18.4. The summed E-state index contributed by atoms with van der Waals surface area (Å²) in [6, 6.07) is 103. The minimum atomic E-state index is 0.907. The number of hydrogen-bond donors (Lipinski definition) is 0. The Morgan fingerprint density at radius 2 is 0.418 bits per heavy atom. The quantitative estimate of drug-likeness (QED) is 0.129. The van der Waals surface area contributed by atoms with Crippen LogP contribution in [0.25, 0.3) is 188 Å². The summed E-state index contributed by atoms with van der Waals surface area (Å²) in [7, 11) is 0. The van der Waals surface area contributed by atoms with Gasteiger partial charge in [0.2, 0.25) is 0 Å². The summed E-state index contributed by atoms with van der Waals surface area (Å²) < 4.78 is 0. The van der Waals surface area contributed by atoms with Crippen LogP contribution in [0.1, 0.15) is 0 Å². The van der Waals surface area contributed by atoms with Crippen molar-refractivity contribution in [2.45, 2.75) is 0 Å². The van der Waals surface area contributed by atoms with Crippen molar-refractivity contribution >= 4 is 87.2 Å². The fraction of sp³-hybridized carbons (Fsp3) is 0. The first-order valence-electron chi connectivity index (χ1n) is 32.5. The van der Waals surface area contributed by atoms with E-state index in [0.29, 0.717) is 0 Å². The molecule has 0 fully saturated rings. The average molecular weight is 1250 g/mol. The van der Waals surface area contributed by atoms with E-state index in [1.807, 2.05) is 54.7 Å². The fourth-order valence-electron chi connectivity index (χ4n) is 13.1. The summed E-state index contributed by atoms with van der Waals surface area (Å²) in [6.07, 6.45) is 9.00. The van der Waals surface area contributed by atoms with E-state index in [0.717, 1.165) is 188 Å². The molecule has 0 aliphatic rings. The molecule has 19 rings (SSSR count). The highest BCUT2D eigenvalue weighted by atomic mass is 14.8. The van der Waals surface area contributed by atoms with E-state index in [-0.39, 0.29) is 0 Å². The van der Waals surface area contributed by atoms with Gasteiger partial charge in [-0.2, -0.15) is 0 Å². The Hall–Kier alpha value is -13.4. The van der Waals surface area contributed by atoms with Gasteiger partial charge in [0.25, 0.3) is 0 Å². The lowest BCUT2D eigenvalue weighted by molar-refractivity contribution is 1.31. The van der Waals surface area contributed by atoms with E-state index >= 15 is 0 Å². The van der Waals surface area contributed by atoms with E-state index in [2.05, 4.69) is 264 Å². The van der Waals surface area contributed by atoms with Gasteiger partial charge < -0.3 is 0 Å².